The number of halogens is 7. The number of nitrogens with one attached hydrogen (secondary N) is 3. The van der Waals surface area contributed by atoms with Gasteiger partial charge in [0.15, 0.2) is 22.1 Å². The molecule has 9 nitrogen and oxygen atoms in total. The zero-order valence-corrected chi connectivity index (χ0v) is 35.0. The van der Waals surface area contributed by atoms with Crippen molar-refractivity contribution < 1.29 is 28.4 Å². The molecule has 0 spiro atoms. The summed E-state index contributed by atoms with van der Waals surface area (Å²) in [6.45, 7) is 5.90. The van der Waals surface area contributed by atoms with E-state index in [4.69, 9.17) is 95.9 Å². The molecule has 0 saturated heterocycles. The largest absolute Gasteiger partial charge is 0.385 e. The molecule has 0 heterocycles. The molecule has 276 valence electrons. The fourth-order valence-corrected chi connectivity index (χ4v) is 7.31. The first-order valence-corrected chi connectivity index (χ1v) is 24.2. The van der Waals surface area contributed by atoms with E-state index in [1.807, 2.05) is 6.07 Å². The highest BCUT2D eigenvalue weighted by atomic mass is 35.5. The van der Waals surface area contributed by atoms with Gasteiger partial charge in [0.2, 0.25) is 0 Å². The van der Waals surface area contributed by atoms with Crippen LogP contribution in [-0.4, -0.2) is 72.8 Å². The van der Waals surface area contributed by atoms with Gasteiger partial charge in [-0.3, -0.25) is 13.7 Å². The van der Waals surface area contributed by atoms with Crippen LogP contribution in [0.25, 0.3) is 0 Å². The van der Waals surface area contributed by atoms with Crippen molar-refractivity contribution in [1.29, 1.82) is 0 Å². The van der Waals surface area contributed by atoms with E-state index < -0.39 is 22.1 Å². The Kier molecular flexibility index (Phi) is 21.6. The second-order valence-corrected chi connectivity index (χ2v) is 21.7. The Balaban J connectivity index is 0.000000368. The van der Waals surface area contributed by atoms with Gasteiger partial charge in [0, 0.05) is 74.5 Å². The normalized spacial score (nSPS) is 14.5. The second-order valence-electron chi connectivity index (χ2n) is 11.2. The van der Waals surface area contributed by atoms with Gasteiger partial charge in [-0.05, 0) is 67.8 Å². The minimum atomic E-state index is -2.93. The molecule has 0 aromatic heterocycles. The lowest BCUT2D eigenvalue weighted by Crippen LogP contribution is -2.04. The Morgan fingerprint density at radius 3 is 1.37 bits per heavy atom. The topological polar surface area (TPSA) is 148 Å². The van der Waals surface area contributed by atoms with Crippen molar-refractivity contribution in [3.8, 4) is 0 Å². The number of hydrogen-bond acceptors (Lipinski definition) is 6. The van der Waals surface area contributed by atoms with Crippen LogP contribution in [0, 0.1) is 0 Å². The van der Waals surface area contributed by atoms with Crippen LogP contribution in [0.5, 0.6) is 0 Å². The second kappa shape index (κ2) is 22.7. The summed E-state index contributed by atoms with van der Waals surface area (Å²) in [7, 11) is -8.72. The highest BCUT2D eigenvalue weighted by molar-refractivity contribution is 7.57. The summed E-state index contributed by atoms with van der Waals surface area (Å²) in [6, 6.07) is 13.8. The molecular formula is C30H41Cl7N3O6P3. The molecule has 6 N–H and O–H groups in total. The van der Waals surface area contributed by atoms with Crippen LogP contribution in [0.3, 0.4) is 0 Å². The van der Waals surface area contributed by atoms with E-state index in [0.717, 1.165) is 17.1 Å². The molecule has 0 radical (unpaired) electrons. The van der Waals surface area contributed by atoms with E-state index in [1.165, 1.54) is 20.0 Å². The van der Waals surface area contributed by atoms with Crippen LogP contribution in [0.1, 0.15) is 19.3 Å². The summed E-state index contributed by atoms with van der Waals surface area (Å²) in [4.78, 5) is 27.3. The lowest BCUT2D eigenvalue weighted by atomic mass is 10.3. The van der Waals surface area contributed by atoms with Crippen molar-refractivity contribution in [3.05, 3.63) is 83.7 Å². The first-order valence-electron chi connectivity index (χ1n) is 14.7. The first kappa shape index (κ1) is 46.7. The standard InChI is InChI=1S/C10H13Cl3NO2P.2C10H14Cl2NO2P/c1-17(15,16)4-2-3-14-7-5-8(11)10(13)9(12)6-7;1-16(14,15)6-2-5-13-10-4-3-8(11)7-9(10)12;1-16(14,15)6-2-5-13-8-3-4-9(11)10(12)7-8/h5-6,14H,2-4H2,1H3,(H,15,16);2*3-4,7,13H,2,5-6H2,1H3,(H,14,15). The van der Waals surface area contributed by atoms with Crippen molar-refractivity contribution in [2.75, 3.05) is 74.1 Å². The molecule has 19 heteroatoms. The molecule has 0 amide bonds. The van der Waals surface area contributed by atoms with Crippen LogP contribution < -0.4 is 16.0 Å². The molecule has 49 heavy (non-hydrogen) atoms. The molecule has 3 aromatic rings. The molecule has 0 bridgehead atoms. The SMILES string of the molecule is CP(=O)(O)CCCNc1cc(Cl)c(Cl)c(Cl)c1.CP(=O)(O)CCCNc1ccc(Cl)c(Cl)c1.CP(=O)(O)CCCNc1ccc(Cl)cc1Cl. The number of benzene rings is 3. The molecule has 0 aliphatic rings. The van der Waals surface area contributed by atoms with Crippen molar-refractivity contribution >= 4 is 120 Å². The van der Waals surface area contributed by atoms with E-state index in [1.54, 1.807) is 42.5 Å². The average Bonchev–Trinajstić information content (AvgIpc) is 2.96. The third kappa shape index (κ3) is 23.0. The molecule has 3 aromatic carbocycles. The lowest BCUT2D eigenvalue weighted by molar-refractivity contribution is 0.482. The van der Waals surface area contributed by atoms with Crippen LogP contribution in [-0.2, 0) is 13.7 Å². The maximum Gasteiger partial charge on any atom is 0.197 e. The minimum Gasteiger partial charge on any atom is -0.385 e. The van der Waals surface area contributed by atoms with Gasteiger partial charge in [-0.25, -0.2) is 0 Å². The molecule has 0 fully saturated rings. The van der Waals surface area contributed by atoms with Crippen molar-refractivity contribution in [3.63, 3.8) is 0 Å². The van der Waals surface area contributed by atoms with E-state index in [-0.39, 0.29) is 6.16 Å². The number of hydrogen-bond donors (Lipinski definition) is 6. The molecule has 0 aliphatic carbocycles. The zero-order chi connectivity index (χ0) is 37.4. The third-order valence-electron chi connectivity index (χ3n) is 6.06. The monoisotopic (exact) mass is 877 g/mol. The highest BCUT2D eigenvalue weighted by Crippen LogP contribution is 2.37. The maximum atomic E-state index is 11.0. The van der Waals surface area contributed by atoms with Gasteiger partial charge >= 0.3 is 0 Å². The molecule has 3 unspecified atom stereocenters. The van der Waals surface area contributed by atoms with Crippen LogP contribution >= 0.6 is 103 Å². The van der Waals surface area contributed by atoms with Crippen molar-refractivity contribution in [2.24, 2.45) is 0 Å². The van der Waals surface area contributed by atoms with Gasteiger partial charge in [-0.15, -0.1) is 0 Å². The van der Waals surface area contributed by atoms with Gasteiger partial charge < -0.3 is 30.6 Å². The number of anilines is 3. The Hall–Kier alpha value is -0.340. The van der Waals surface area contributed by atoms with Gasteiger partial charge in [-0.2, -0.15) is 0 Å². The van der Waals surface area contributed by atoms with Gasteiger partial charge in [0.05, 0.1) is 35.8 Å². The summed E-state index contributed by atoms with van der Waals surface area (Å²) < 4.78 is 33.1. The van der Waals surface area contributed by atoms with E-state index >= 15 is 0 Å². The number of rotatable bonds is 15. The Morgan fingerprint density at radius 1 is 0.510 bits per heavy atom. The predicted octanol–water partition coefficient (Wildman–Crippen LogP) is 11.7. The van der Waals surface area contributed by atoms with Crippen LogP contribution in [0.4, 0.5) is 17.1 Å². The summed E-state index contributed by atoms with van der Waals surface area (Å²) in [5.74, 6) is 0. The fourth-order valence-electron chi connectivity index (χ4n) is 3.70. The third-order valence-corrected chi connectivity index (χ3v) is 12.0. The Morgan fingerprint density at radius 2 is 0.939 bits per heavy atom. The summed E-state index contributed by atoms with van der Waals surface area (Å²) in [6.07, 6.45) is 2.79. The van der Waals surface area contributed by atoms with Crippen molar-refractivity contribution in [2.45, 2.75) is 19.3 Å². The fraction of sp³-hybridized carbons (Fsp3) is 0.400. The van der Waals surface area contributed by atoms with E-state index in [9.17, 15) is 13.7 Å². The minimum absolute atomic E-state index is 0.287. The van der Waals surface area contributed by atoms with Gasteiger partial charge in [0.1, 0.15) is 0 Å². The lowest BCUT2D eigenvalue weighted by Gasteiger charge is -2.09. The Bertz CT molecular complexity index is 1610. The smallest absolute Gasteiger partial charge is 0.197 e. The molecular weight excluding hydrogens is 839 g/mol. The molecule has 0 saturated carbocycles. The quantitative estimate of drug-likeness (QED) is 0.0498. The van der Waals surface area contributed by atoms with Gasteiger partial charge in [0.25, 0.3) is 0 Å². The van der Waals surface area contributed by atoms with E-state index in [2.05, 4.69) is 16.0 Å². The predicted molar refractivity (Wildman–Crippen MR) is 216 cm³/mol. The highest BCUT2D eigenvalue weighted by Gasteiger charge is 2.11. The summed E-state index contributed by atoms with van der Waals surface area (Å²) in [5.41, 5.74) is 2.39. The maximum absolute atomic E-state index is 11.0. The van der Waals surface area contributed by atoms with Crippen molar-refractivity contribution in [1.82, 2.24) is 0 Å². The zero-order valence-electron chi connectivity index (χ0n) is 27.0. The summed E-state index contributed by atoms with van der Waals surface area (Å²) in [5, 5.41) is 12.5. The van der Waals surface area contributed by atoms with E-state index in [0.29, 0.717) is 86.4 Å². The first-order chi connectivity index (χ1) is 22.6. The van der Waals surface area contributed by atoms with Crippen LogP contribution in [0.15, 0.2) is 48.5 Å². The molecule has 3 rings (SSSR count). The molecule has 3 atom stereocenters. The summed E-state index contributed by atoms with van der Waals surface area (Å²) >= 11 is 40.9. The Labute approximate surface area is 323 Å². The average molecular weight is 881 g/mol. The van der Waals surface area contributed by atoms with Crippen LogP contribution in [0.2, 0.25) is 35.2 Å². The van der Waals surface area contributed by atoms with Gasteiger partial charge in [-0.1, -0.05) is 81.2 Å². The molecule has 0 aliphatic heterocycles.